The summed E-state index contributed by atoms with van der Waals surface area (Å²) < 4.78 is 11.7. The van der Waals surface area contributed by atoms with Crippen molar-refractivity contribution >= 4 is 19.0 Å². The third-order valence-corrected chi connectivity index (χ3v) is 4.62. The average Bonchev–Trinajstić information content (AvgIpc) is 2.48. The van der Waals surface area contributed by atoms with Gasteiger partial charge in [-0.15, -0.1) is 5.48 Å². The van der Waals surface area contributed by atoms with Crippen LogP contribution in [0.3, 0.4) is 0 Å². The van der Waals surface area contributed by atoms with Gasteiger partial charge in [-0.3, -0.25) is 0 Å². The summed E-state index contributed by atoms with van der Waals surface area (Å²) in [5, 5.41) is 13.7. The van der Waals surface area contributed by atoms with Gasteiger partial charge in [0.15, 0.2) is 0 Å². The number of hydrogen-bond donors (Lipinski definition) is 0. The van der Waals surface area contributed by atoms with E-state index in [9.17, 15) is 5.11 Å². The van der Waals surface area contributed by atoms with E-state index in [0.29, 0.717) is 14.0 Å². The van der Waals surface area contributed by atoms with E-state index in [2.05, 4.69) is 0 Å². The van der Waals surface area contributed by atoms with E-state index in [-0.39, 0.29) is 17.7 Å². The molecule has 0 radical (unpaired) electrons. The normalized spacial score (nSPS) is 12.0. The number of aryl methyl sites for hydroxylation is 2. The third-order valence-electron chi connectivity index (χ3n) is 3.58. The highest BCUT2D eigenvalue weighted by molar-refractivity contribution is 7.49. The summed E-state index contributed by atoms with van der Waals surface area (Å²) in [6, 6.07) is 11.6. The van der Waals surface area contributed by atoms with Gasteiger partial charge >= 0.3 is 0 Å². The van der Waals surface area contributed by atoms with Gasteiger partial charge in [-0.05, 0) is 70.4 Å². The SMILES string of the molecule is Cc1cccc(C)c1C([O-])=Pc1ccc(OC(C)C)cc1OC(C)C. The van der Waals surface area contributed by atoms with E-state index in [4.69, 9.17) is 9.47 Å². The van der Waals surface area contributed by atoms with Gasteiger partial charge in [0.25, 0.3) is 0 Å². The summed E-state index contributed by atoms with van der Waals surface area (Å²) in [5.74, 6) is 1.46. The van der Waals surface area contributed by atoms with Gasteiger partial charge in [-0.25, -0.2) is 0 Å². The summed E-state index contributed by atoms with van der Waals surface area (Å²) in [5.41, 5.74) is 2.89. The van der Waals surface area contributed by atoms with Gasteiger partial charge in [0.05, 0.1) is 12.2 Å². The van der Waals surface area contributed by atoms with Crippen LogP contribution in [0.25, 0.3) is 0 Å². The maximum atomic E-state index is 12.9. The minimum Gasteiger partial charge on any atom is -0.823 e. The summed E-state index contributed by atoms with van der Waals surface area (Å²) in [6.07, 6.45) is 0.116. The second kappa shape index (κ2) is 8.51. The van der Waals surface area contributed by atoms with Crippen LogP contribution in [0, 0.1) is 13.8 Å². The van der Waals surface area contributed by atoms with E-state index in [0.717, 1.165) is 27.7 Å². The molecule has 0 spiro atoms. The zero-order valence-corrected chi connectivity index (χ0v) is 16.7. The minimum absolute atomic E-state index is 0.0264. The molecule has 3 nitrogen and oxygen atoms in total. The molecule has 0 saturated heterocycles. The number of benzene rings is 2. The zero-order valence-electron chi connectivity index (χ0n) is 15.8. The summed E-state index contributed by atoms with van der Waals surface area (Å²) in [7, 11) is 0.611. The molecule has 2 aromatic rings. The fourth-order valence-electron chi connectivity index (χ4n) is 2.60. The van der Waals surface area contributed by atoms with E-state index >= 15 is 0 Å². The van der Waals surface area contributed by atoms with Crippen LogP contribution in [0.15, 0.2) is 36.4 Å². The van der Waals surface area contributed by atoms with Gasteiger partial charge < -0.3 is 14.6 Å². The number of ether oxygens (including phenoxy) is 2. The topological polar surface area (TPSA) is 41.5 Å². The van der Waals surface area contributed by atoms with Crippen molar-refractivity contribution in [2.24, 2.45) is 0 Å². The molecule has 0 aliphatic carbocycles. The Morgan fingerprint density at radius 1 is 0.920 bits per heavy atom. The molecule has 0 N–H and O–H groups in total. The van der Waals surface area contributed by atoms with Crippen molar-refractivity contribution < 1.29 is 14.6 Å². The second-order valence-electron chi connectivity index (χ2n) is 6.65. The van der Waals surface area contributed by atoms with Crippen molar-refractivity contribution in [3.05, 3.63) is 53.1 Å². The zero-order chi connectivity index (χ0) is 18.6. The molecule has 0 unspecified atom stereocenters. The molecule has 0 bridgehead atoms. The van der Waals surface area contributed by atoms with E-state index in [1.54, 1.807) is 0 Å². The Kier molecular flexibility index (Phi) is 6.64. The lowest BCUT2D eigenvalue weighted by atomic mass is 10.0. The molecule has 134 valence electrons. The van der Waals surface area contributed by atoms with E-state index < -0.39 is 0 Å². The highest BCUT2D eigenvalue weighted by atomic mass is 31.1. The Morgan fingerprint density at radius 2 is 1.52 bits per heavy atom. The van der Waals surface area contributed by atoms with Gasteiger partial charge in [0.2, 0.25) is 0 Å². The predicted molar refractivity (Wildman–Crippen MR) is 105 cm³/mol. The largest absolute Gasteiger partial charge is 0.823 e. The summed E-state index contributed by atoms with van der Waals surface area (Å²) >= 11 is 0. The monoisotopic (exact) mass is 357 g/mol. The first kappa shape index (κ1) is 19.5. The van der Waals surface area contributed by atoms with Crippen molar-refractivity contribution in [3.63, 3.8) is 0 Å². The second-order valence-corrected chi connectivity index (χ2v) is 7.76. The molecular weight excluding hydrogens is 331 g/mol. The van der Waals surface area contributed by atoms with Crippen molar-refractivity contribution in [2.45, 2.75) is 53.8 Å². The van der Waals surface area contributed by atoms with Gasteiger partial charge in [-0.1, -0.05) is 26.4 Å². The molecule has 0 saturated carbocycles. The van der Waals surface area contributed by atoms with Gasteiger partial charge in [0, 0.05) is 11.4 Å². The first-order chi connectivity index (χ1) is 11.8. The Balaban J connectivity index is 2.46. The molecule has 0 atom stereocenters. The van der Waals surface area contributed by atoms with Crippen LogP contribution >= 0.6 is 8.20 Å². The first-order valence-electron chi connectivity index (χ1n) is 8.57. The fourth-order valence-corrected chi connectivity index (χ4v) is 3.66. The molecule has 0 aliphatic rings. The van der Waals surface area contributed by atoms with E-state index in [1.807, 2.05) is 77.9 Å². The van der Waals surface area contributed by atoms with Gasteiger partial charge in [-0.2, -0.15) is 0 Å². The van der Waals surface area contributed by atoms with Crippen molar-refractivity contribution in [1.82, 2.24) is 0 Å². The first-order valence-corrected chi connectivity index (χ1v) is 9.47. The minimum atomic E-state index is 0.0264. The summed E-state index contributed by atoms with van der Waals surface area (Å²) in [4.78, 5) is 0. The molecule has 0 fully saturated rings. The molecule has 0 heterocycles. The number of rotatable bonds is 6. The smallest absolute Gasteiger partial charge is 0.135 e. The van der Waals surface area contributed by atoms with Gasteiger partial charge in [0.1, 0.15) is 11.5 Å². The van der Waals surface area contributed by atoms with Crippen LogP contribution in [0.1, 0.15) is 44.4 Å². The highest BCUT2D eigenvalue weighted by Gasteiger charge is 2.09. The Morgan fingerprint density at radius 3 is 2.08 bits per heavy atom. The van der Waals surface area contributed by atoms with Crippen LogP contribution in [0.4, 0.5) is 0 Å². The molecule has 2 rings (SSSR count). The maximum absolute atomic E-state index is 12.9. The number of hydrogen-bond acceptors (Lipinski definition) is 3. The maximum Gasteiger partial charge on any atom is 0.135 e. The van der Waals surface area contributed by atoms with Crippen LogP contribution in [0.5, 0.6) is 11.5 Å². The Hall–Kier alpha value is -1.83. The fraction of sp³-hybridized carbons (Fsp3) is 0.381. The van der Waals surface area contributed by atoms with Crippen LogP contribution in [-0.2, 0) is 0 Å². The molecule has 0 aliphatic heterocycles. The molecule has 25 heavy (non-hydrogen) atoms. The molecule has 2 aromatic carbocycles. The lowest BCUT2D eigenvalue weighted by Gasteiger charge is -2.20. The highest BCUT2D eigenvalue weighted by Crippen LogP contribution is 2.25. The Labute approximate surface area is 152 Å². The van der Waals surface area contributed by atoms with Crippen LogP contribution in [0.2, 0.25) is 0 Å². The van der Waals surface area contributed by atoms with Crippen molar-refractivity contribution in [3.8, 4) is 11.5 Å². The quantitative estimate of drug-likeness (QED) is 0.734. The van der Waals surface area contributed by atoms with Crippen LogP contribution in [-0.4, -0.2) is 17.7 Å². The van der Waals surface area contributed by atoms with Crippen molar-refractivity contribution in [1.29, 1.82) is 0 Å². The molecule has 0 amide bonds. The summed E-state index contributed by atoms with van der Waals surface area (Å²) in [6.45, 7) is 11.9. The lowest BCUT2D eigenvalue weighted by Crippen LogP contribution is -2.21. The van der Waals surface area contributed by atoms with E-state index in [1.165, 1.54) is 0 Å². The Bertz CT molecular complexity index is 743. The standard InChI is InChI=1S/C21H27O3P/c1-13(2)23-17-10-11-19(18(12-17)24-14(3)4)25-21(22)20-15(5)8-7-9-16(20)6/h7-14,22H,1-6H3/p-1. The van der Waals surface area contributed by atoms with Crippen molar-refractivity contribution in [2.75, 3.05) is 0 Å². The molecule has 4 heteroatoms. The van der Waals surface area contributed by atoms with Crippen LogP contribution < -0.4 is 19.9 Å². The molecule has 0 aromatic heterocycles. The molecular formula is C21H26O3P-. The lowest BCUT2D eigenvalue weighted by molar-refractivity contribution is -0.207. The predicted octanol–water partition coefficient (Wildman–Crippen LogP) is 3.99. The third kappa shape index (κ3) is 5.32. The average molecular weight is 357 g/mol.